The van der Waals surface area contributed by atoms with Crippen LogP contribution in [0.5, 0.6) is 0 Å². The van der Waals surface area contributed by atoms with Crippen molar-refractivity contribution in [3.8, 4) is 0 Å². The second-order valence-electron chi connectivity index (χ2n) is 3.11. The van der Waals surface area contributed by atoms with Crippen molar-refractivity contribution in [1.82, 2.24) is 0 Å². The van der Waals surface area contributed by atoms with Gasteiger partial charge in [0.05, 0.1) is 6.10 Å². The fraction of sp³-hybridized carbons (Fsp3) is 0.700. The molecule has 13 heavy (non-hydrogen) atoms. The highest BCUT2D eigenvalue weighted by Gasteiger charge is 2.17. The monoisotopic (exact) mass is 184 g/mol. The normalized spacial score (nSPS) is 25.1. The fourth-order valence-electron chi connectivity index (χ4n) is 1.32. The van der Waals surface area contributed by atoms with Crippen LogP contribution in [0.1, 0.15) is 25.7 Å². The molecule has 1 unspecified atom stereocenters. The van der Waals surface area contributed by atoms with Crippen molar-refractivity contribution in [2.45, 2.75) is 38.1 Å². The van der Waals surface area contributed by atoms with Gasteiger partial charge < -0.3 is 14.3 Å². The van der Waals surface area contributed by atoms with Gasteiger partial charge in [-0.2, -0.15) is 0 Å². The van der Waals surface area contributed by atoms with E-state index in [9.17, 15) is 4.79 Å². The highest BCUT2D eigenvalue weighted by atomic mass is 16.7. The molecule has 0 N–H and O–H groups in total. The molecule has 1 rings (SSSR count). The van der Waals surface area contributed by atoms with Crippen molar-refractivity contribution >= 4 is 6.29 Å². The van der Waals surface area contributed by atoms with Gasteiger partial charge in [-0.05, 0) is 19.3 Å². The molecule has 3 heteroatoms. The van der Waals surface area contributed by atoms with E-state index in [-0.39, 0.29) is 12.4 Å². The molecule has 0 aromatic carbocycles. The number of hydrogen-bond donors (Lipinski definition) is 0. The van der Waals surface area contributed by atoms with Crippen LogP contribution in [0, 0.1) is 0 Å². The van der Waals surface area contributed by atoms with Crippen LogP contribution >= 0.6 is 0 Å². The first kappa shape index (κ1) is 10.4. The third-order valence-electron chi connectivity index (χ3n) is 2.06. The molecule has 2 atom stereocenters. The molecule has 0 bridgehead atoms. The molecule has 1 fully saturated rings. The zero-order valence-corrected chi connectivity index (χ0v) is 7.78. The van der Waals surface area contributed by atoms with E-state index in [0.717, 1.165) is 32.2 Å². The van der Waals surface area contributed by atoms with E-state index >= 15 is 0 Å². The molecule has 0 aromatic rings. The maximum absolute atomic E-state index is 10.2. The van der Waals surface area contributed by atoms with Crippen molar-refractivity contribution in [2.24, 2.45) is 0 Å². The average Bonchev–Trinajstić information content (AvgIpc) is 2.19. The topological polar surface area (TPSA) is 35.5 Å². The van der Waals surface area contributed by atoms with Crippen LogP contribution in [0.15, 0.2) is 12.7 Å². The molecule has 0 radical (unpaired) electrons. The van der Waals surface area contributed by atoms with Gasteiger partial charge in [0.1, 0.15) is 6.29 Å². The molecule has 0 aromatic heterocycles. The second-order valence-corrected chi connectivity index (χ2v) is 3.11. The summed E-state index contributed by atoms with van der Waals surface area (Å²) in [5.41, 5.74) is 0. The summed E-state index contributed by atoms with van der Waals surface area (Å²) in [6.07, 6.45) is 5.67. The number of aldehydes is 1. The standard InChI is InChI=1S/C10H16O3/c1-2-9(6-7-11)13-10-5-3-4-8-12-10/h2,7,9-10H,1,3-6,8H2/t9-,10?/m0/s1. The number of ether oxygens (including phenoxy) is 2. The lowest BCUT2D eigenvalue weighted by Gasteiger charge is -2.25. The van der Waals surface area contributed by atoms with E-state index in [1.54, 1.807) is 6.08 Å². The molecular formula is C10H16O3. The Balaban J connectivity index is 2.26. The summed E-state index contributed by atoms with van der Waals surface area (Å²) in [7, 11) is 0. The van der Waals surface area contributed by atoms with Crippen molar-refractivity contribution in [3.05, 3.63) is 12.7 Å². The van der Waals surface area contributed by atoms with Crippen molar-refractivity contribution in [3.63, 3.8) is 0 Å². The molecular weight excluding hydrogens is 168 g/mol. The van der Waals surface area contributed by atoms with Gasteiger partial charge >= 0.3 is 0 Å². The van der Waals surface area contributed by atoms with Gasteiger partial charge in [-0.1, -0.05) is 6.08 Å². The van der Waals surface area contributed by atoms with Crippen LogP contribution in [0.25, 0.3) is 0 Å². The number of hydrogen-bond acceptors (Lipinski definition) is 3. The first-order chi connectivity index (χ1) is 6.36. The average molecular weight is 184 g/mol. The molecule has 1 aliphatic rings. The fourth-order valence-corrected chi connectivity index (χ4v) is 1.32. The van der Waals surface area contributed by atoms with Gasteiger partial charge in [0.15, 0.2) is 6.29 Å². The Labute approximate surface area is 78.7 Å². The van der Waals surface area contributed by atoms with Gasteiger partial charge in [0.25, 0.3) is 0 Å². The Morgan fingerprint density at radius 2 is 2.46 bits per heavy atom. The van der Waals surface area contributed by atoms with Crippen LogP contribution in [-0.4, -0.2) is 25.3 Å². The summed E-state index contributed by atoms with van der Waals surface area (Å²) in [4.78, 5) is 10.2. The predicted octanol–water partition coefficient (Wildman–Crippen LogP) is 1.67. The molecule has 1 aliphatic heterocycles. The van der Waals surface area contributed by atoms with Gasteiger partial charge in [0, 0.05) is 13.0 Å². The smallest absolute Gasteiger partial charge is 0.158 e. The maximum atomic E-state index is 10.2. The van der Waals surface area contributed by atoms with Crippen molar-refractivity contribution < 1.29 is 14.3 Å². The van der Waals surface area contributed by atoms with E-state index < -0.39 is 0 Å². The number of rotatable bonds is 5. The van der Waals surface area contributed by atoms with Crippen molar-refractivity contribution in [1.29, 1.82) is 0 Å². The van der Waals surface area contributed by atoms with E-state index in [0.29, 0.717) is 6.42 Å². The molecule has 0 spiro atoms. The zero-order chi connectivity index (χ0) is 9.52. The summed E-state index contributed by atoms with van der Waals surface area (Å²) < 4.78 is 10.9. The Hall–Kier alpha value is -0.670. The third kappa shape index (κ3) is 3.70. The second kappa shape index (κ2) is 5.89. The van der Waals surface area contributed by atoms with E-state index in [2.05, 4.69) is 6.58 Å². The Bertz CT molecular complexity index is 162. The highest BCUT2D eigenvalue weighted by Crippen LogP contribution is 2.16. The van der Waals surface area contributed by atoms with E-state index in [1.165, 1.54) is 0 Å². The molecule has 0 aliphatic carbocycles. The summed E-state index contributed by atoms with van der Waals surface area (Å²) in [5, 5.41) is 0. The van der Waals surface area contributed by atoms with Gasteiger partial charge in [0.2, 0.25) is 0 Å². The van der Waals surface area contributed by atoms with Crippen molar-refractivity contribution in [2.75, 3.05) is 6.61 Å². The Morgan fingerprint density at radius 1 is 1.62 bits per heavy atom. The number of carbonyl (C=O) groups excluding carboxylic acids is 1. The first-order valence-corrected chi connectivity index (χ1v) is 4.70. The molecule has 1 saturated heterocycles. The summed E-state index contributed by atoms with van der Waals surface area (Å²) in [5.74, 6) is 0. The van der Waals surface area contributed by atoms with Crippen LogP contribution in [0.4, 0.5) is 0 Å². The van der Waals surface area contributed by atoms with Gasteiger partial charge in [-0.15, -0.1) is 6.58 Å². The summed E-state index contributed by atoms with van der Waals surface area (Å²) >= 11 is 0. The molecule has 74 valence electrons. The Kier molecular flexibility index (Phi) is 4.72. The van der Waals surface area contributed by atoms with Crippen LogP contribution in [0.2, 0.25) is 0 Å². The van der Waals surface area contributed by atoms with Gasteiger partial charge in [-0.3, -0.25) is 0 Å². The lowest BCUT2D eigenvalue weighted by molar-refractivity contribution is -0.178. The first-order valence-electron chi connectivity index (χ1n) is 4.70. The van der Waals surface area contributed by atoms with E-state index in [1.807, 2.05) is 0 Å². The maximum Gasteiger partial charge on any atom is 0.158 e. The van der Waals surface area contributed by atoms with Crippen LogP contribution in [0.3, 0.4) is 0 Å². The summed E-state index contributed by atoms with van der Waals surface area (Å²) in [6, 6.07) is 0. The minimum atomic E-state index is -0.194. The predicted molar refractivity (Wildman–Crippen MR) is 49.3 cm³/mol. The van der Waals surface area contributed by atoms with Crippen LogP contribution < -0.4 is 0 Å². The summed E-state index contributed by atoms with van der Waals surface area (Å²) in [6.45, 7) is 4.37. The lowest BCUT2D eigenvalue weighted by Crippen LogP contribution is -2.27. The molecule has 3 nitrogen and oxygen atoms in total. The highest BCUT2D eigenvalue weighted by molar-refractivity contribution is 5.50. The number of carbonyl (C=O) groups is 1. The lowest BCUT2D eigenvalue weighted by atomic mass is 10.2. The van der Waals surface area contributed by atoms with E-state index in [4.69, 9.17) is 9.47 Å². The minimum absolute atomic E-state index is 0.142. The zero-order valence-electron chi connectivity index (χ0n) is 7.78. The quantitative estimate of drug-likeness (QED) is 0.481. The molecule has 0 amide bonds. The van der Waals surface area contributed by atoms with Gasteiger partial charge in [-0.25, -0.2) is 0 Å². The molecule has 0 saturated carbocycles. The SMILES string of the molecule is C=C[C@@H](CC=O)OC1CCCCO1. The third-order valence-corrected chi connectivity index (χ3v) is 2.06. The minimum Gasteiger partial charge on any atom is -0.353 e. The molecule has 1 heterocycles. The largest absolute Gasteiger partial charge is 0.353 e. The van der Waals surface area contributed by atoms with Crippen LogP contribution in [-0.2, 0) is 14.3 Å². The Morgan fingerprint density at radius 3 is 3.00 bits per heavy atom.